The Morgan fingerprint density at radius 2 is 1.22 bits per heavy atom. The van der Waals surface area contributed by atoms with Crippen molar-refractivity contribution in [2.24, 2.45) is 4.99 Å². The third-order valence-electron chi connectivity index (χ3n) is 11.5. The average molecular weight is 867 g/mol. The highest BCUT2D eigenvalue weighted by atomic mass is 19.4. The zero-order valence-electron chi connectivity index (χ0n) is 35.5. The number of aryl methyl sites for hydroxylation is 1. The van der Waals surface area contributed by atoms with Gasteiger partial charge < -0.3 is 16.0 Å². The van der Waals surface area contributed by atoms with Gasteiger partial charge in [0.1, 0.15) is 0 Å². The van der Waals surface area contributed by atoms with Gasteiger partial charge in [0, 0.05) is 97.4 Å². The molecule has 0 saturated carbocycles. The molecular weight excluding hydrogens is 822 g/mol. The molecule has 4 aromatic carbocycles. The van der Waals surface area contributed by atoms with Crippen molar-refractivity contribution in [3.05, 3.63) is 192 Å². The maximum absolute atomic E-state index is 13.3. The Morgan fingerprint density at radius 1 is 0.631 bits per heavy atom. The van der Waals surface area contributed by atoms with Gasteiger partial charge in [-0.15, -0.1) is 0 Å². The molecule has 2 atom stereocenters. The molecular formula is C52H45F3N10. The van der Waals surface area contributed by atoms with Crippen LogP contribution in [0.25, 0.3) is 44.8 Å². The Bertz CT molecular complexity index is 2930. The van der Waals surface area contributed by atoms with Gasteiger partial charge in [-0.1, -0.05) is 90.5 Å². The Balaban J connectivity index is 0.000000165. The minimum absolute atomic E-state index is 0.166. The van der Waals surface area contributed by atoms with E-state index in [0.29, 0.717) is 35.3 Å². The summed E-state index contributed by atoms with van der Waals surface area (Å²) in [4.78, 5) is 31.3. The van der Waals surface area contributed by atoms with Gasteiger partial charge in [-0.3, -0.25) is 9.97 Å². The van der Waals surface area contributed by atoms with E-state index in [9.17, 15) is 13.2 Å². The molecule has 0 amide bonds. The van der Waals surface area contributed by atoms with Crippen molar-refractivity contribution in [2.45, 2.75) is 51.1 Å². The van der Waals surface area contributed by atoms with Crippen LogP contribution >= 0.6 is 0 Å². The number of alkyl halides is 3. The highest BCUT2D eigenvalue weighted by Crippen LogP contribution is 2.36. The molecule has 2 aliphatic heterocycles. The zero-order chi connectivity index (χ0) is 44.6. The van der Waals surface area contributed by atoms with Crippen molar-refractivity contribution in [3.63, 3.8) is 0 Å². The standard InChI is InChI=1S/C26H22F3N5.C26H23N5/c27-26(28,29)21-7-3-6-19(12-21)23-16-33-25(34-24(23)17-8-10-30-11-9-17)32-15-22-13-18-4-1-2-5-20(18)14-31-22;1-18-5-4-8-21(13-18)24-17-30-26(31-25(24)19-9-11-27-12-10-19)29-16-23-14-20-6-2-3-7-22(20)15-28-23/h1-12,16,22,31H,13-15H2,(H,32,33,34);2-13,16-17,23,28H,14-15H2,1H3/t22-;23-/m00/s1. The zero-order valence-corrected chi connectivity index (χ0v) is 35.5. The summed E-state index contributed by atoms with van der Waals surface area (Å²) in [6.07, 6.45) is 9.56. The van der Waals surface area contributed by atoms with E-state index in [1.807, 2.05) is 36.7 Å². The molecule has 0 radical (unpaired) electrons. The van der Waals surface area contributed by atoms with Crippen LogP contribution in [0.15, 0.2) is 164 Å². The van der Waals surface area contributed by atoms with Gasteiger partial charge in [0.25, 0.3) is 0 Å². The van der Waals surface area contributed by atoms with E-state index in [0.717, 1.165) is 66.0 Å². The fraction of sp³-hybridized carbons (Fsp3) is 0.173. The Kier molecular flexibility index (Phi) is 12.8. The number of hydrogen-bond acceptors (Lipinski definition) is 10. The number of anilines is 1. The van der Waals surface area contributed by atoms with Crippen molar-refractivity contribution < 1.29 is 13.2 Å². The molecule has 2 aliphatic rings. The number of aromatic nitrogens is 6. The van der Waals surface area contributed by atoms with Crippen molar-refractivity contribution >= 4 is 18.1 Å². The monoisotopic (exact) mass is 866 g/mol. The Labute approximate surface area is 375 Å². The summed E-state index contributed by atoms with van der Waals surface area (Å²) in [6, 6.07) is 38.4. The average Bonchev–Trinajstić information content (AvgIpc) is 3.35. The van der Waals surface area contributed by atoms with Gasteiger partial charge in [-0.05, 0) is 89.5 Å². The number of hydrogen-bond donors (Lipinski definition) is 3. The summed E-state index contributed by atoms with van der Waals surface area (Å²) >= 11 is 0. The second-order valence-corrected chi connectivity index (χ2v) is 16.0. The van der Waals surface area contributed by atoms with Crippen LogP contribution < -0.4 is 16.0 Å². The number of fused-ring (bicyclic) bond motifs is 2. The van der Waals surface area contributed by atoms with Crippen molar-refractivity contribution in [1.29, 1.82) is 0 Å². The first-order chi connectivity index (χ1) is 31.7. The molecule has 0 saturated heterocycles. The summed E-state index contributed by atoms with van der Waals surface area (Å²) in [5, 5.41) is 10.3. The number of nitrogens with zero attached hydrogens (tertiary/aromatic N) is 7. The molecule has 0 bridgehead atoms. The predicted molar refractivity (Wildman–Crippen MR) is 249 cm³/mol. The van der Waals surface area contributed by atoms with Crippen LogP contribution in [0.5, 0.6) is 0 Å². The lowest BCUT2D eigenvalue weighted by Crippen LogP contribution is -2.40. The molecule has 10 rings (SSSR count). The highest BCUT2D eigenvalue weighted by Gasteiger charge is 2.31. The molecule has 0 spiro atoms. The van der Waals surface area contributed by atoms with E-state index < -0.39 is 11.7 Å². The fourth-order valence-corrected chi connectivity index (χ4v) is 8.08. The predicted octanol–water partition coefficient (Wildman–Crippen LogP) is 10.3. The molecule has 13 heteroatoms. The first-order valence-corrected chi connectivity index (χ1v) is 21.4. The van der Waals surface area contributed by atoms with E-state index in [1.54, 1.807) is 49.2 Å². The second-order valence-electron chi connectivity index (χ2n) is 16.0. The lowest BCUT2D eigenvalue weighted by Gasteiger charge is -2.26. The van der Waals surface area contributed by atoms with Crippen LogP contribution in [-0.4, -0.2) is 54.7 Å². The van der Waals surface area contributed by atoms with Crippen LogP contribution in [-0.2, 0) is 32.1 Å². The quantitative estimate of drug-likeness (QED) is 0.122. The molecule has 65 heavy (non-hydrogen) atoms. The van der Waals surface area contributed by atoms with Crippen molar-refractivity contribution in [1.82, 2.24) is 40.5 Å². The maximum Gasteiger partial charge on any atom is 0.416 e. The van der Waals surface area contributed by atoms with Crippen LogP contribution in [0, 0.1) is 6.92 Å². The summed E-state index contributed by atoms with van der Waals surface area (Å²) in [5.74, 6) is 0.882. The van der Waals surface area contributed by atoms with Crippen LogP contribution in [0.4, 0.5) is 25.1 Å². The van der Waals surface area contributed by atoms with E-state index in [4.69, 9.17) is 4.98 Å². The number of benzene rings is 4. The van der Waals surface area contributed by atoms with Crippen LogP contribution in [0.2, 0.25) is 0 Å². The van der Waals surface area contributed by atoms with Gasteiger partial charge in [0.15, 0.2) is 0 Å². The van der Waals surface area contributed by atoms with Crippen LogP contribution in [0.1, 0.15) is 33.4 Å². The molecule has 324 valence electrons. The minimum atomic E-state index is -4.43. The number of nitrogens with one attached hydrogen (secondary N) is 3. The molecule has 0 fully saturated rings. The first-order valence-electron chi connectivity index (χ1n) is 21.4. The summed E-state index contributed by atoms with van der Waals surface area (Å²) < 4.78 is 39.9. The van der Waals surface area contributed by atoms with Crippen molar-refractivity contribution in [2.75, 3.05) is 11.9 Å². The molecule has 10 nitrogen and oxygen atoms in total. The van der Waals surface area contributed by atoms with Gasteiger partial charge >= 0.3 is 6.18 Å². The number of rotatable bonds is 9. The summed E-state index contributed by atoms with van der Waals surface area (Å²) in [5.41, 5.74) is 12.0. The molecule has 0 unspecified atom stereocenters. The highest BCUT2D eigenvalue weighted by molar-refractivity contribution is 5.82. The second kappa shape index (κ2) is 19.5. The number of halogens is 3. The normalized spacial score (nSPS) is 15.6. The number of aliphatic imine (C=N–C) groups is 1. The van der Waals surface area contributed by atoms with Gasteiger partial charge in [-0.2, -0.15) is 13.2 Å². The third kappa shape index (κ3) is 10.5. The van der Waals surface area contributed by atoms with Crippen molar-refractivity contribution in [3.8, 4) is 44.8 Å². The topological polar surface area (TPSA) is 126 Å². The molecule has 8 aromatic rings. The lowest BCUT2D eigenvalue weighted by molar-refractivity contribution is -0.137. The molecule has 4 aromatic heterocycles. The Morgan fingerprint density at radius 3 is 1.88 bits per heavy atom. The van der Waals surface area contributed by atoms with E-state index in [2.05, 4.69) is 113 Å². The first kappa shape index (κ1) is 42.8. The van der Waals surface area contributed by atoms with Gasteiger partial charge in [-0.25, -0.2) is 24.9 Å². The summed E-state index contributed by atoms with van der Waals surface area (Å²) in [6.45, 7) is 4.36. The SMILES string of the molecule is Cc1cccc(-c2cnc(N=C[C@@H]3Cc4ccccc4CN3)nc2-c2ccncc2)c1.FC(F)(F)c1cccc(-c2cnc(NC[C@@H]3Cc4ccccc4CN3)nc2-c2ccncc2)c1. The smallest absolute Gasteiger partial charge is 0.353 e. The van der Waals surface area contributed by atoms with Crippen LogP contribution in [0.3, 0.4) is 0 Å². The molecule has 6 heterocycles. The van der Waals surface area contributed by atoms with Gasteiger partial charge in [0.2, 0.25) is 11.9 Å². The van der Waals surface area contributed by atoms with E-state index in [1.165, 1.54) is 33.9 Å². The summed E-state index contributed by atoms with van der Waals surface area (Å²) in [7, 11) is 0. The number of pyridine rings is 2. The Hall–Kier alpha value is -7.48. The maximum atomic E-state index is 13.3. The minimum Gasteiger partial charge on any atom is -0.353 e. The largest absolute Gasteiger partial charge is 0.416 e. The van der Waals surface area contributed by atoms with E-state index in [-0.39, 0.29) is 12.1 Å². The fourth-order valence-electron chi connectivity index (χ4n) is 8.08. The lowest BCUT2D eigenvalue weighted by atomic mass is 9.96. The molecule has 3 N–H and O–H groups in total. The van der Waals surface area contributed by atoms with E-state index >= 15 is 0 Å². The van der Waals surface area contributed by atoms with Gasteiger partial charge in [0.05, 0.1) is 17.0 Å². The molecule has 0 aliphatic carbocycles. The third-order valence-corrected chi connectivity index (χ3v) is 11.5.